The number of thiazole rings is 1. The minimum absolute atomic E-state index is 0.379. The number of aromatic nitrogens is 2. The van der Waals surface area contributed by atoms with Gasteiger partial charge in [-0.05, 0) is 31.2 Å². The second kappa shape index (κ2) is 4.83. The molecule has 0 atom stereocenters. The summed E-state index contributed by atoms with van der Waals surface area (Å²) in [5.41, 5.74) is 2.62. The van der Waals surface area contributed by atoms with Crippen molar-refractivity contribution in [2.75, 3.05) is 0 Å². The van der Waals surface area contributed by atoms with Gasteiger partial charge >= 0.3 is 6.18 Å². The molecule has 0 aliphatic rings. The first-order valence-electron chi connectivity index (χ1n) is 6.99. The molecule has 1 N–H and O–H groups in total. The first-order chi connectivity index (χ1) is 10.9. The van der Waals surface area contributed by atoms with Gasteiger partial charge in [-0.25, -0.2) is 4.98 Å². The summed E-state index contributed by atoms with van der Waals surface area (Å²) in [5, 5.41) is 1.76. The van der Waals surface area contributed by atoms with E-state index in [0.717, 1.165) is 44.0 Å². The average Bonchev–Trinajstić information content (AvgIpc) is 3.04. The normalized spacial score (nSPS) is 12.3. The zero-order chi connectivity index (χ0) is 16.2. The molecule has 0 fully saturated rings. The van der Waals surface area contributed by atoms with E-state index < -0.39 is 11.7 Å². The number of H-pyrrole nitrogens is 1. The van der Waals surface area contributed by atoms with Crippen LogP contribution in [-0.4, -0.2) is 9.97 Å². The fourth-order valence-electron chi connectivity index (χ4n) is 2.76. The van der Waals surface area contributed by atoms with E-state index in [1.54, 1.807) is 0 Å². The molecule has 0 radical (unpaired) electrons. The molecule has 0 aliphatic heterocycles. The number of fused-ring (bicyclic) bond motifs is 2. The van der Waals surface area contributed by atoms with Gasteiger partial charge in [0.1, 0.15) is 5.01 Å². The second-order valence-electron chi connectivity index (χ2n) is 5.37. The highest BCUT2D eigenvalue weighted by molar-refractivity contribution is 7.21. The molecule has 4 rings (SSSR count). The minimum atomic E-state index is -4.35. The number of hydrogen-bond acceptors (Lipinski definition) is 2. The van der Waals surface area contributed by atoms with E-state index in [-0.39, 0.29) is 0 Å². The lowest BCUT2D eigenvalue weighted by atomic mass is 10.1. The Bertz CT molecular complexity index is 1030. The summed E-state index contributed by atoms with van der Waals surface area (Å²) in [5.74, 6) is 0. The molecule has 23 heavy (non-hydrogen) atoms. The lowest BCUT2D eigenvalue weighted by Crippen LogP contribution is -2.03. The Morgan fingerprint density at radius 2 is 1.87 bits per heavy atom. The van der Waals surface area contributed by atoms with Crippen LogP contribution in [0.2, 0.25) is 0 Å². The standard InChI is InChI=1S/C17H11F3N2S/c1-9-15(11-4-2-3-5-12(11)21-9)16-22-13-8-10(17(18,19)20)6-7-14(13)23-16/h2-8,21H,1H3. The number of aromatic amines is 1. The summed E-state index contributed by atoms with van der Waals surface area (Å²) < 4.78 is 39.3. The van der Waals surface area contributed by atoms with Crippen LogP contribution in [0.5, 0.6) is 0 Å². The van der Waals surface area contributed by atoms with E-state index in [9.17, 15) is 13.2 Å². The van der Waals surface area contributed by atoms with Gasteiger partial charge in [0.2, 0.25) is 0 Å². The van der Waals surface area contributed by atoms with Crippen molar-refractivity contribution in [3.63, 3.8) is 0 Å². The van der Waals surface area contributed by atoms with Crippen LogP contribution in [0, 0.1) is 6.92 Å². The van der Waals surface area contributed by atoms with Crippen LogP contribution in [0.15, 0.2) is 42.5 Å². The van der Waals surface area contributed by atoms with Gasteiger partial charge in [0.25, 0.3) is 0 Å². The number of rotatable bonds is 1. The maximum Gasteiger partial charge on any atom is 0.416 e. The fourth-order valence-corrected chi connectivity index (χ4v) is 3.83. The molecule has 0 spiro atoms. The Morgan fingerprint density at radius 1 is 1.09 bits per heavy atom. The monoisotopic (exact) mass is 332 g/mol. The van der Waals surface area contributed by atoms with Crippen LogP contribution in [0.3, 0.4) is 0 Å². The van der Waals surface area contributed by atoms with Gasteiger partial charge in [0, 0.05) is 22.2 Å². The molecule has 2 nitrogen and oxygen atoms in total. The molecule has 2 aromatic heterocycles. The lowest BCUT2D eigenvalue weighted by Gasteiger charge is -2.04. The average molecular weight is 332 g/mol. The van der Waals surface area contributed by atoms with Crippen LogP contribution in [0.4, 0.5) is 13.2 Å². The van der Waals surface area contributed by atoms with Crippen molar-refractivity contribution in [3.05, 3.63) is 53.7 Å². The summed E-state index contributed by atoms with van der Waals surface area (Å²) >= 11 is 1.40. The van der Waals surface area contributed by atoms with Gasteiger partial charge in [-0.1, -0.05) is 18.2 Å². The van der Waals surface area contributed by atoms with Crippen LogP contribution in [0.1, 0.15) is 11.3 Å². The number of nitrogens with one attached hydrogen (secondary N) is 1. The Labute approximate surface area is 133 Å². The maximum absolute atomic E-state index is 12.8. The molecular formula is C17H11F3N2S. The summed E-state index contributed by atoms with van der Waals surface area (Å²) in [7, 11) is 0. The van der Waals surface area contributed by atoms with Gasteiger partial charge in [-0.2, -0.15) is 13.2 Å². The van der Waals surface area contributed by atoms with Crippen molar-refractivity contribution in [2.45, 2.75) is 13.1 Å². The fraction of sp³-hybridized carbons (Fsp3) is 0.118. The SMILES string of the molecule is Cc1[nH]c2ccccc2c1-c1nc2cc(C(F)(F)F)ccc2s1. The Kier molecular flexibility index (Phi) is 2.99. The van der Waals surface area contributed by atoms with Gasteiger partial charge in [0.15, 0.2) is 0 Å². The van der Waals surface area contributed by atoms with Gasteiger partial charge in [-0.15, -0.1) is 11.3 Å². The van der Waals surface area contributed by atoms with E-state index in [1.165, 1.54) is 17.4 Å². The zero-order valence-electron chi connectivity index (χ0n) is 12.0. The van der Waals surface area contributed by atoms with Crippen LogP contribution >= 0.6 is 11.3 Å². The summed E-state index contributed by atoms with van der Waals surface area (Å²) in [4.78, 5) is 7.73. The smallest absolute Gasteiger partial charge is 0.358 e. The van der Waals surface area contributed by atoms with E-state index >= 15 is 0 Å². The van der Waals surface area contributed by atoms with E-state index in [4.69, 9.17) is 0 Å². The number of aryl methyl sites for hydroxylation is 1. The van der Waals surface area contributed by atoms with Crippen LogP contribution < -0.4 is 0 Å². The van der Waals surface area contributed by atoms with Crippen molar-refractivity contribution in [1.82, 2.24) is 9.97 Å². The third-order valence-electron chi connectivity index (χ3n) is 3.82. The summed E-state index contributed by atoms with van der Waals surface area (Å²) in [6, 6.07) is 11.5. The van der Waals surface area contributed by atoms with Crippen molar-refractivity contribution in [3.8, 4) is 10.6 Å². The summed E-state index contributed by atoms with van der Waals surface area (Å²) in [6.07, 6.45) is -4.35. The number of nitrogens with zero attached hydrogens (tertiary/aromatic N) is 1. The number of alkyl halides is 3. The van der Waals surface area contributed by atoms with E-state index in [1.807, 2.05) is 31.2 Å². The van der Waals surface area contributed by atoms with Crippen molar-refractivity contribution < 1.29 is 13.2 Å². The molecule has 4 aromatic rings. The number of halogens is 3. The third kappa shape index (κ3) is 2.30. The lowest BCUT2D eigenvalue weighted by molar-refractivity contribution is -0.137. The van der Waals surface area contributed by atoms with Crippen molar-refractivity contribution in [1.29, 1.82) is 0 Å². The van der Waals surface area contributed by atoms with Crippen LogP contribution in [0.25, 0.3) is 31.7 Å². The molecule has 2 heterocycles. The maximum atomic E-state index is 12.8. The largest absolute Gasteiger partial charge is 0.416 e. The molecule has 0 amide bonds. The topological polar surface area (TPSA) is 28.7 Å². The van der Waals surface area contributed by atoms with Gasteiger partial charge in [0.05, 0.1) is 15.8 Å². The molecule has 0 saturated carbocycles. The quantitative estimate of drug-likeness (QED) is 0.471. The molecule has 2 aromatic carbocycles. The van der Waals surface area contributed by atoms with Gasteiger partial charge < -0.3 is 4.98 Å². The first-order valence-corrected chi connectivity index (χ1v) is 7.80. The molecule has 0 unspecified atom stereocenters. The molecule has 6 heteroatoms. The van der Waals surface area contributed by atoms with E-state index in [0.29, 0.717) is 5.52 Å². The minimum Gasteiger partial charge on any atom is -0.358 e. The third-order valence-corrected chi connectivity index (χ3v) is 4.88. The second-order valence-corrected chi connectivity index (χ2v) is 6.40. The number of para-hydroxylation sites is 1. The Balaban J connectivity index is 1.93. The molecule has 116 valence electrons. The Morgan fingerprint density at radius 3 is 2.65 bits per heavy atom. The number of benzene rings is 2. The van der Waals surface area contributed by atoms with Gasteiger partial charge in [-0.3, -0.25) is 0 Å². The number of hydrogen-bond donors (Lipinski definition) is 1. The molecule has 0 saturated heterocycles. The van der Waals surface area contributed by atoms with Crippen LogP contribution in [-0.2, 0) is 6.18 Å². The highest BCUT2D eigenvalue weighted by Gasteiger charge is 2.31. The Hall–Kier alpha value is -2.34. The predicted octanol–water partition coefficient (Wildman–Crippen LogP) is 5.77. The van der Waals surface area contributed by atoms with E-state index in [2.05, 4.69) is 9.97 Å². The van der Waals surface area contributed by atoms with Crippen molar-refractivity contribution >= 4 is 32.5 Å². The highest BCUT2D eigenvalue weighted by Crippen LogP contribution is 2.38. The highest BCUT2D eigenvalue weighted by atomic mass is 32.1. The predicted molar refractivity (Wildman–Crippen MR) is 86.7 cm³/mol. The molecule has 0 bridgehead atoms. The first kappa shape index (κ1) is 14.3. The molecule has 0 aliphatic carbocycles. The summed E-state index contributed by atoms with van der Waals surface area (Å²) in [6.45, 7) is 1.95. The molecular weight excluding hydrogens is 321 g/mol. The van der Waals surface area contributed by atoms with Crippen molar-refractivity contribution in [2.24, 2.45) is 0 Å². The zero-order valence-corrected chi connectivity index (χ0v) is 12.8.